The number of sulfonamides is 1. The summed E-state index contributed by atoms with van der Waals surface area (Å²) in [7, 11) is -3.24. The molecule has 1 aromatic carbocycles. The highest BCUT2D eigenvalue weighted by Crippen LogP contribution is 2.33. The van der Waals surface area contributed by atoms with E-state index in [1.807, 2.05) is 12.4 Å². The van der Waals surface area contributed by atoms with Crippen molar-refractivity contribution < 1.29 is 34.6 Å². The van der Waals surface area contributed by atoms with Crippen molar-refractivity contribution in [3.8, 4) is 5.19 Å². The Morgan fingerprint density at radius 2 is 1.70 bits per heavy atom. The predicted molar refractivity (Wildman–Crippen MR) is 190 cm³/mol. The van der Waals surface area contributed by atoms with Gasteiger partial charge in [0.05, 0.1) is 42.1 Å². The quantitative estimate of drug-likeness (QED) is 0.164. The van der Waals surface area contributed by atoms with E-state index >= 15 is 0 Å². The van der Waals surface area contributed by atoms with E-state index in [0.717, 1.165) is 117 Å². The lowest BCUT2D eigenvalue weighted by atomic mass is 10.0. The minimum atomic E-state index is -3.24. The van der Waals surface area contributed by atoms with Gasteiger partial charge in [-0.3, -0.25) is 0 Å². The first-order chi connectivity index (χ1) is 22.3. The first-order valence-corrected chi connectivity index (χ1v) is 19.9. The van der Waals surface area contributed by atoms with E-state index in [0.29, 0.717) is 18.3 Å². The van der Waals surface area contributed by atoms with Gasteiger partial charge >= 0.3 is 0 Å². The van der Waals surface area contributed by atoms with Crippen molar-refractivity contribution in [1.29, 1.82) is 0 Å². The highest BCUT2D eigenvalue weighted by atomic mass is 79.9. The van der Waals surface area contributed by atoms with Gasteiger partial charge < -0.3 is 31.1 Å². The minimum absolute atomic E-state index is 0. The smallest absolute Gasteiger partial charge is 0.274 e. The Kier molecular flexibility index (Phi) is 14.0. The van der Waals surface area contributed by atoms with Crippen molar-refractivity contribution in [2.24, 2.45) is 0 Å². The summed E-state index contributed by atoms with van der Waals surface area (Å²) in [5.41, 5.74) is 4.47. The molecule has 0 bridgehead atoms. The summed E-state index contributed by atoms with van der Waals surface area (Å²) in [6, 6.07) is 6.34. The zero-order chi connectivity index (χ0) is 32.6. The minimum Gasteiger partial charge on any atom is -1.00 e. The molecule has 0 aliphatic carbocycles. The first-order valence-electron chi connectivity index (χ1n) is 17.4. The van der Waals surface area contributed by atoms with Crippen LogP contribution in [0, 0.1) is 0 Å². The van der Waals surface area contributed by atoms with Crippen LogP contribution in [0.4, 0.5) is 5.95 Å². The number of ether oxygens (including phenoxy) is 1. The summed E-state index contributed by atoms with van der Waals surface area (Å²) in [6.45, 7) is 16.2. The summed E-state index contributed by atoms with van der Waals surface area (Å²) in [6.07, 6.45) is 13.5. The summed E-state index contributed by atoms with van der Waals surface area (Å²) < 4.78 is 36.4. The van der Waals surface area contributed by atoms with E-state index in [-0.39, 0.29) is 28.8 Å². The molecule has 0 unspecified atom stereocenters. The van der Waals surface area contributed by atoms with Crippen molar-refractivity contribution >= 4 is 43.1 Å². The topological polar surface area (TPSA) is 88.5 Å². The van der Waals surface area contributed by atoms with E-state index in [2.05, 4.69) is 66.8 Å². The standard InChI is InChI=1S/C35H53N6O3S2.BrH/c1-5-12-28-26-36-34(37-27-28)39-19-17-31(18-20-39)44-35-38-32-14-13-30(25-33(32)45-35)29-15-21-40(22-16-29)46(42,43)24-11-9-10-23-41(6-2,7-3)8-4;/h13-15,25-27,31H,5-12,16-24H2,1-4H3;1H/q+1;/p-1. The molecular formula is C35H53BrN6O3S2. The number of hydrogen-bond donors (Lipinski definition) is 0. The summed E-state index contributed by atoms with van der Waals surface area (Å²) in [5, 5.41) is 0.712. The zero-order valence-corrected chi connectivity index (χ0v) is 31.9. The lowest BCUT2D eigenvalue weighted by molar-refractivity contribution is -0.923. The Labute approximate surface area is 296 Å². The zero-order valence-electron chi connectivity index (χ0n) is 28.7. The molecule has 0 amide bonds. The van der Waals surface area contributed by atoms with Crippen LogP contribution >= 0.6 is 11.3 Å². The molecule has 260 valence electrons. The average molecular weight is 750 g/mol. The second-order valence-electron chi connectivity index (χ2n) is 12.8. The third kappa shape index (κ3) is 9.74. The van der Waals surface area contributed by atoms with Crippen LogP contribution < -0.4 is 26.6 Å². The molecule has 47 heavy (non-hydrogen) atoms. The van der Waals surface area contributed by atoms with Crippen molar-refractivity contribution in [3.05, 3.63) is 47.8 Å². The number of anilines is 1. The Hall–Kier alpha value is -2.12. The Balaban J connectivity index is 0.00000500. The van der Waals surface area contributed by atoms with Gasteiger partial charge in [0, 0.05) is 51.4 Å². The molecule has 4 heterocycles. The maximum absolute atomic E-state index is 13.1. The van der Waals surface area contributed by atoms with E-state index in [9.17, 15) is 8.42 Å². The van der Waals surface area contributed by atoms with Crippen LogP contribution in [-0.4, -0.2) is 96.4 Å². The number of fused-ring (bicyclic) bond motifs is 1. The number of thiazole rings is 1. The van der Waals surface area contributed by atoms with Gasteiger partial charge in [0.25, 0.3) is 5.19 Å². The number of hydrogen-bond acceptors (Lipinski definition) is 8. The molecule has 0 atom stereocenters. The molecule has 12 heteroatoms. The first kappa shape index (κ1) is 37.7. The number of halogens is 1. The predicted octanol–water partition coefficient (Wildman–Crippen LogP) is 3.56. The molecule has 1 fully saturated rings. The second-order valence-corrected chi connectivity index (χ2v) is 15.9. The molecule has 0 N–H and O–H groups in total. The highest BCUT2D eigenvalue weighted by Gasteiger charge is 2.26. The number of nitrogens with zero attached hydrogens (tertiary/aromatic N) is 6. The molecule has 3 aromatic rings. The van der Waals surface area contributed by atoms with Gasteiger partial charge in [-0.25, -0.2) is 23.4 Å². The number of aryl methyl sites for hydroxylation is 1. The van der Waals surface area contributed by atoms with Gasteiger partial charge in [-0.2, -0.15) is 4.31 Å². The Morgan fingerprint density at radius 1 is 0.979 bits per heavy atom. The summed E-state index contributed by atoms with van der Waals surface area (Å²) >= 11 is 1.59. The number of rotatable bonds is 16. The van der Waals surface area contributed by atoms with Crippen LogP contribution in [0.3, 0.4) is 0 Å². The average Bonchev–Trinajstić information content (AvgIpc) is 3.49. The van der Waals surface area contributed by atoms with E-state index in [4.69, 9.17) is 9.72 Å². The van der Waals surface area contributed by atoms with Crippen LogP contribution in [0.1, 0.15) is 83.8 Å². The number of unbranched alkanes of at least 4 members (excludes halogenated alkanes) is 2. The fraction of sp³-hybridized carbons (Fsp3) is 0.629. The highest BCUT2D eigenvalue weighted by molar-refractivity contribution is 7.89. The third-order valence-electron chi connectivity index (χ3n) is 10.1. The van der Waals surface area contributed by atoms with Gasteiger partial charge in [-0.1, -0.05) is 36.8 Å². The SMILES string of the molecule is CCCc1cnc(N2CCC(Oc3nc4ccc(C5=CCN(S(=O)(=O)CCCCC[N+](CC)(CC)CC)CC5)cc4s3)CC2)nc1.[Br-]. The summed E-state index contributed by atoms with van der Waals surface area (Å²) in [4.78, 5) is 16.2. The molecule has 2 aliphatic heterocycles. The summed E-state index contributed by atoms with van der Waals surface area (Å²) in [5.74, 6) is 1.05. The maximum atomic E-state index is 13.1. The molecule has 0 radical (unpaired) electrons. The molecular weight excluding hydrogens is 696 g/mol. The van der Waals surface area contributed by atoms with E-state index < -0.39 is 10.0 Å². The van der Waals surface area contributed by atoms with Crippen LogP contribution in [0.2, 0.25) is 0 Å². The van der Waals surface area contributed by atoms with E-state index in [1.54, 1.807) is 15.6 Å². The third-order valence-corrected chi connectivity index (χ3v) is 12.9. The van der Waals surface area contributed by atoms with Crippen molar-refractivity contribution in [1.82, 2.24) is 19.3 Å². The second kappa shape index (κ2) is 17.5. The normalized spacial score (nSPS) is 16.7. The molecule has 5 rings (SSSR count). The molecule has 0 spiro atoms. The van der Waals surface area contributed by atoms with Gasteiger partial charge in [-0.05, 0) is 81.7 Å². The molecule has 2 aliphatic rings. The maximum Gasteiger partial charge on any atom is 0.274 e. The Bertz CT molecular complexity index is 1540. The van der Waals surface area contributed by atoms with Crippen molar-refractivity contribution in [3.63, 3.8) is 0 Å². The van der Waals surface area contributed by atoms with Crippen LogP contribution in [0.25, 0.3) is 15.8 Å². The lowest BCUT2D eigenvalue weighted by Crippen LogP contribution is -3.00. The van der Waals surface area contributed by atoms with Gasteiger partial charge in [-0.15, -0.1) is 0 Å². The van der Waals surface area contributed by atoms with Crippen molar-refractivity contribution in [2.45, 2.75) is 85.2 Å². The van der Waals surface area contributed by atoms with Crippen molar-refractivity contribution in [2.75, 3.05) is 63.0 Å². The molecule has 1 saturated heterocycles. The number of aromatic nitrogens is 3. The fourth-order valence-electron chi connectivity index (χ4n) is 6.75. The monoisotopic (exact) mass is 748 g/mol. The van der Waals surface area contributed by atoms with Crippen LogP contribution in [-0.2, 0) is 16.4 Å². The number of benzene rings is 1. The molecule has 9 nitrogen and oxygen atoms in total. The lowest BCUT2D eigenvalue weighted by Gasteiger charge is -2.35. The molecule has 2 aromatic heterocycles. The van der Waals surface area contributed by atoms with Crippen LogP contribution in [0.15, 0.2) is 36.7 Å². The number of piperidine rings is 1. The Morgan fingerprint density at radius 3 is 2.34 bits per heavy atom. The van der Waals surface area contributed by atoms with Gasteiger partial charge in [0.1, 0.15) is 6.10 Å². The fourth-order valence-corrected chi connectivity index (χ4v) is 9.17. The van der Waals surface area contributed by atoms with Gasteiger partial charge in [0.15, 0.2) is 0 Å². The van der Waals surface area contributed by atoms with E-state index in [1.165, 1.54) is 11.1 Å². The molecule has 0 saturated carbocycles. The van der Waals surface area contributed by atoms with Gasteiger partial charge in [0.2, 0.25) is 16.0 Å². The number of quaternary nitrogens is 1. The largest absolute Gasteiger partial charge is 1.00 e. The van der Waals surface area contributed by atoms with Crippen LogP contribution in [0.5, 0.6) is 5.19 Å².